The van der Waals surface area contributed by atoms with E-state index in [-0.39, 0.29) is 6.61 Å². The van der Waals surface area contributed by atoms with Crippen molar-refractivity contribution in [3.05, 3.63) is 109 Å². The van der Waals surface area contributed by atoms with Crippen molar-refractivity contribution in [2.45, 2.75) is 6.61 Å². The predicted octanol–water partition coefficient (Wildman–Crippen LogP) is 5.83. The molecule has 0 unspecified atom stereocenters. The molecule has 5 aromatic rings. The molecule has 0 spiro atoms. The van der Waals surface area contributed by atoms with Crippen LogP contribution in [0, 0.1) is 0 Å². The summed E-state index contributed by atoms with van der Waals surface area (Å²) in [6.07, 6.45) is 4.16. The molecule has 5 rings (SSSR count). The zero-order chi connectivity index (χ0) is 19.6. The van der Waals surface area contributed by atoms with Gasteiger partial charge in [0.2, 0.25) is 0 Å². The molecule has 0 radical (unpaired) electrons. The Morgan fingerprint density at radius 2 is 1.17 bits per heavy atom. The average molecular weight is 376 g/mol. The summed E-state index contributed by atoms with van der Waals surface area (Å²) in [5, 5.41) is 9.22. The Labute approximate surface area is 169 Å². The highest BCUT2D eigenvalue weighted by atomic mass is 16.3. The Morgan fingerprint density at radius 1 is 0.586 bits per heavy atom. The number of aliphatic hydroxyl groups is 1. The van der Waals surface area contributed by atoms with Crippen LogP contribution in [-0.2, 0) is 6.61 Å². The average Bonchev–Trinajstić information content (AvgIpc) is 3.23. The molecule has 0 fully saturated rings. The lowest BCUT2D eigenvalue weighted by Crippen LogP contribution is -1.87. The van der Waals surface area contributed by atoms with Gasteiger partial charge in [0.25, 0.3) is 0 Å². The van der Waals surface area contributed by atoms with Gasteiger partial charge in [0.15, 0.2) is 0 Å². The van der Waals surface area contributed by atoms with Crippen LogP contribution in [-0.4, -0.2) is 14.5 Å². The standard InChI is InChI=1S/C26H20N2O/c29-18-19-6-8-22(9-7-19)24-14-15-26-27-25(17-28(26)16-24)23-12-10-21(11-13-23)20-4-2-1-3-5-20/h1-17,29H,18H2. The molecule has 0 amide bonds. The first-order valence-corrected chi connectivity index (χ1v) is 9.65. The van der Waals surface area contributed by atoms with Gasteiger partial charge in [-0.25, -0.2) is 4.98 Å². The highest BCUT2D eigenvalue weighted by Crippen LogP contribution is 2.26. The summed E-state index contributed by atoms with van der Waals surface area (Å²) < 4.78 is 2.07. The molecular formula is C26H20N2O. The van der Waals surface area contributed by atoms with E-state index in [0.717, 1.165) is 33.6 Å². The van der Waals surface area contributed by atoms with E-state index in [4.69, 9.17) is 4.98 Å². The fourth-order valence-electron chi connectivity index (χ4n) is 3.57. The lowest BCUT2D eigenvalue weighted by atomic mass is 10.0. The number of nitrogens with zero attached hydrogens (tertiary/aromatic N) is 2. The van der Waals surface area contributed by atoms with Gasteiger partial charge in [-0.1, -0.05) is 78.9 Å². The van der Waals surface area contributed by atoms with Gasteiger partial charge < -0.3 is 9.51 Å². The van der Waals surface area contributed by atoms with E-state index in [2.05, 4.69) is 71.4 Å². The third-order valence-electron chi connectivity index (χ3n) is 5.21. The Bertz CT molecular complexity index is 1250. The molecule has 0 aliphatic rings. The van der Waals surface area contributed by atoms with Crippen LogP contribution in [0.4, 0.5) is 0 Å². The molecule has 1 N–H and O–H groups in total. The topological polar surface area (TPSA) is 37.5 Å². The molecule has 2 aromatic heterocycles. The number of aromatic nitrogens is 2. The summed E-state index contributed by atoms with van der Waals surface area (Å²) in [7, 11) is 0. The van der Waals surface area contributed by atoms with Crippen LogP contribution in [0.5, 0.6) is 0 Å². The molecule has 2 heterocycles. The van der Waals surface area contributed by atoms with Crippen molar-refractivity contribution in [2.75, 3.05) is 0 Å². The number of hydrogen-bond acceptors (Lipinski definition) is 2. The second kappa shape index (κ2) is 7.38. The maximum Gasteiger partial charge on any atom is 0.137 e. The zero-order valence-corrected chi connectivity index (χ0v) is 15.9. The quantitative estimate of drug-likeness (QED) is 0.429. The summed E-state index contributed by atoms with van der Waals surface area (Å²) in [5.41, 5.74) is 8.54. The highest BCUT2D eigenvalue weighted by Gasteiger charge is 2.07. The number of fused-ring (bicyclic) bond motifs is 1. The van der Waals surface area contributed by atoms with Crippen LogP contribution in [0.1, 0.15) is 5.56 Å². The molecule has 3 nitrogen and oxygen atoms in total. The van der Waals surface area contributed by atoms with Gasteiger partial charge in [-0.3, -0.25) is 0 Å². The van der Waals surface area contributed by atoms with Gasteiger partial charge in [0.05, 0.1) is 12.3 Å². The molecular weight excluding hydrogens is 356 g/mol. The Kier molecular flexibility index (Phi) is 4.43. The van der Waals surface area contributed by atoms with E-state index in [1.165, 1.54) is 11.1 Å². The number of rotatable bonds is 4. The van der Waals surface area contributed by atoms with E-state index in [0.29, 0.717) is 0 Å². The molecule has 0 aliphatic heterocycles. The predicted molar refractivity (Wildman–Crippen MR) is 117 cm³/mol. The van der Waals surface area contributed by atoms with Crippen LogP contribution >= 0.6 is 0 Å². The lowest BCUT2D eigenvalue weighted by molar-refractivity contribution is 0.282. The first-order valence-electron chi connectivity index (χ1n) is 9.65. The molecule has 0 aliphatic carbocycles. The summed E-state index contributed by atoms with van der Waals surface area (Å²) >= 11 is 0. The summed E-state index contributed by atoms with van der Waals surface area (Å²) in [6, 6.07) is 31.0. The van der Waals surface area contributed by atoms with Gasteiger partial charge in [-0.2, -0.15) is 0 Å². The third kappa shape index (κ3) is 3.44. The van der Waals surface area contributed by atoms with Crippen LogP contribution in [0.2, 0.25) is 0 Å². The Balaban J connectivity index is 1.46. The minimum absolute atomic E-state index is 0.0628. The minimum atomic E-state index is 0.0628. The summed E-state index contributed by atoms with van der Waals surface area (Å²) in [4.78, 5) is 4.78. The Hall–Kier alpha value is -3.69. The maximum atomic E-state index is 9.22. The summed E-state index contributed by atoms with van der Waals surface area (Å²) in [6.45, 7) is 0.0628. The molecule has 29 heavy (non-hydrogen) atoms. The van der Waals surface area contributed by atoms with Crippen LogP contribution < -0.4 is 0 Å². The molecule has 3 aromatic carbocycles. The van der Waals surface area contributed by atoms with Crippen molar-refractivity contribution in [1.29, 1.82) is 0 Å². The molecule has 0 bridgehead atoms. The van der Waals surface area contributed by atoms with Crippen molar-refractivity contribution < 1.29 is 5.11 Å². The minimum Gasteiger partial charge on any atom is -0.392 e. The normalized spacial score (nSPS) is 11.1. The fraction of sp³-hybridized carbons (Fsp3) is 0.0385. The van der Waals surface area contributed by atoms with Crippen molar-refractivity contribution in [3.63, 3.8) is 0 Å². The molecule has 0 saturated heterocycles. The number of hydrogen-bond donors (Lipinski definition) is 1. The highest BCUT2D eigenvalue weighted by molar-refractivity contribution is 5.71. The van der Waals surface area contributed by atoms with Crippen molar-refractivity contribution in [2.24, 2.45) is 0 Å². The first kappa shape index (κ1) is 17.4. The number of pyridine rings is 1. The summed E-state index contributed by atoms with van der Waals surface area (Å²) in [5.74, 6) is 0. The van der Waals surface area contributed by atoms with E-state index >= 15 is 0 Å². The van der Waals surface area contributed by atoms with Crippen molar-refractivity contribution in [1.82, 2.24) is 9.38 Å². The van der Waals surface area contributed by atoms with Crippen LogP contribution in [0.3, 0.4) is 0 Å². The second-order valence-corrected chi connectivity index (χ2v) is 7.11. The lowest BCUT2D eigenvalue weighted by Gasteiger charge is -2.04. The van der Waals surface area contributed by atoms with E-state index in [1.807, 2.05) is 36.4 Å². The molecule has 140 valence electrons. The second-order valence-electron chi connectivity index (χ2n) is 7.11. The van der Waals surface area contributed by atoms with Gasteiger partial charge in [0.1, 0.15) is 5.65 Å². The molecule has 0 saturated carbocycles. The molecule has 0 atom stereocenters. The van der Waals surface area contributed by atoms with E-state index in [1.54, 1.807) is 0 Å². The number of imidazole rings is 1. The number of benzene rings is 3. The van der Waals surface area contributed by atoms with Gasteiger partial charge in [-0.05, 0) is 39.9 Å². The fourth-order valence-corrected chi connectivity index (χ4v) is 3.57. The van der Waals surface area contributed by atoms with Crippen LogP contribution in [0.15, 0.2) is 103 Å². The number of aliphatic hydroxyl groups excluding tert-OH is 1. The van der Waals surface area contributed by atoms with Gasteiger partial charge in [-0.15, -0.1) is 0 Å². The van der Waals surface area contributed by atoms with Crippen LogP contribution in [0.25, 0.3) is 39.2 Å². The smallest absolute Gasteiger partial charge is 0.137 e. The maximum absolute atomic E-state index is 9.22. The van der Waals surface area contributed by atoms with E-state index < -0.39 is 0 Å². The third-order valence-corrected chi connectivity index (χ3v) is 5.21. The van der Waals surface area contributed by atoms with Gasteiger partial charge in [0, 0.05) is 18.0 Å². The monoisotopic (exact) mass is 376 g/mol. The van der Waals surface area contributed by atoms with Gasteiger partial charge >= 0.3 is 0 Å². The van der Waals surface area contributed by atoms with Crippen molar-refractivity contribution in [3.8, 4) is 33.5 Å². The zero-order valence-electron chi connectivity index (χ0n) is 15.9. The van der Waals surface area contributed by atoms with E-state index in [9.17, 15) is 5.11 Å². The SMILES string of the molecule is OCc1ccc(-c2ccc3nc(-c4ccc(-c5ccccc5)cc4)cn3c2)cc1. The van der Waals surface area contributed by atoms with Crippen molar-refractivity contribution >= 4 is 5.65 Å². The first-order chi connectivity index (χ1) is 14.3. The molecule has 3 heteroatoms. The largest absolute Gasteiger partial charge is 0.392 e. The Morgan fingerprint density at radius 3 is 1.90 bits per heavy atom.